The number of rotatable bonds is 4. The van der Waals surface area contributed by atoms with Crippen molar-refractivity contribution in [3.8, 4) is 23.1 Å². The predicted octanol–water partition coefficient (Wildman–Crippen LogP) is 2.47. The molecule has 2 rings (SSSR count). The van der Waals surface area contributed by atoms with Crippen molar-refractivity contribution in [3.63, 3.8) is 0 Å². The van der Waals surface area contributed by atoms with Gasteiger partial charge in [0.05, 0.1) is 19.9 Å². The first-order valence-electron chi connectivity index (χ1n) is 5.35. The molecule has 1 aromatic heterocycles. The van der Waals surface area contributed by atoms with Crippen molar-refractivity contribution in [1.82, 2.24) is 4.98 Å². The summed E-state index contributed by atoms with van der Waals surface area (Å²) < 4.78 is 16.1. The zero-order valence-corrected chi connectivity index (χ0v) is 10.2. The summed E-state index contributed by atoms with van der Waals surface area (Å²) in [5.41, 5.74) is 6.23. The number of ether oxygens (including phenoxy) is 3. The third kappa shape index (κ3) is 2.29. The fourth-order valence-electron chi connectivity index (χ4n) is 1.50. The Morgan fingerprint density at radius 2 is 1.67 bits per heavy atom. The maximum absolute atomic E-state index is 5.78. The number of nitrogens with two attached hydrogens (primary N) is 1. The molecule has 18 heavy (non-hydrogen) atoms. The van der Waals surface area contributed by atoms with Crippen molar-refractivity contribution in [2.45, 2.75) is 0 Å². The van der Waals surface area contributed by atoms with Gasteiger partial charge in [0.2, 0.25) is 11.6 Å². The van der Waals surface area contributed by atoms with Gasteiger partial charge in [-0.2, -0.15) is 0 Å². The second-order valence-electron chi connectivity index (χ2n) is 3.49. The SMILES string of the molecule is COc1cccc(OC)c1Oc1ncccc1N. The minimum absolute atomic E-state index is 0.320. The number of pyridine rings is 1. The van der Waals surface area contributed by atoms with Gasteiger partial charge in [0.25, 0.3) is 0 Å². The van der Waals surface area contributed by atoms with Gasteiger partial charge in [-0.3, -0.25) is 0 Å². The molecular formula is C13H14N2O3. The van der Waals surface area contributed by atoms with Crippen LogP contribution in [0.25, 0.3) is 0 Å². The van der Waals surface area contributed by atoms with E-state index in [0.29, 0.717) is 28.8 Å². The highest BCUT2D eigenvalue weighted by atomic mass is 16.5. The van der Waals surface area contributed by atoms with Crippen molar-refractivity contribution < 1.29 is 14.2 Å². The van der Waals surface area contributed by atoms with Crippen LogP contribution in [0, 0.1) is 0 Å². The number of hydrogen-bond donors (Lipinski definition) is 1. The topological polar surface area (TPSA) is 66.6 Å². The van der Waals surface area contributed by atoms with E-state index in [0.717, 1.165) is 0 Å². The maximum Gasteiger partial charge on any atom is 0.242 e. The van der Waals surface area contributed by atoms with Crippen LogP contribution in [-0.4, -0.2) is 19.2 Å². The fourth-order valence-corrected chi connectivity index (χ4v) is 1.50. The van der Waals surface area contributed by atoms with Crippen molar-refractivity contribution >= 4 is 5.69 Å². The smallest absolute Gasteiger partial charge is 0.242 e. The molecule has 0 fully saturated rings. The van der Waals surface area contributed by atoms with Crippen LogP contribution in [0.2, 0.25) is 0 Å². The molecule has 0 aliphatic carbocycles. The largest absolute Gasteiger partial charge is 0.493 e. The lowest BCUT2D eigenvalue weighted by molar-refractivity contribution is 0.342. The molecule has 0 aliphatic heterocycles. The number of aromatic nitrogens is 1. The Hall–Kier alpha value is -2.43. The standard InChI is InChI=1S/C13H14N2O3/c1-16-10-6-3-7-11(17-2)12(10)18-13-9(14)5-4-8-15-13/h3-8H,14H2,1-2H3. The lowest BCUT2D eigenvalue weighted by Gasteiger charge is -2.13. The van der Waals surface area contributed by atoms with Gasteiger partial charge >= 0.3 is 0 Å². The van der Waals surface area contributed by atoms with E-state index in [1.165, 1.54) is 0 Å². The highest BCUT2D eigenvalue weighted by molar-refractivity contribution is 5.56. The summed E-state index contributed by atoms with van der Waals surface area (Å²) in [6.45, 7) is 0. The van der Waals surface area contributed by atoms with Crippen LogP contribution in [0.5, 0.6) is 23.1 Å². The number of hydrogen-bond acceptors (Lipinski definition) is 5. The number of anilines is 1. The van der Waals surface area contributed by atoms with Gasteiger partial charge in [-0.05, 0) is 24.3 Å². The summed E-state index contributed by atoms with van der Waals surface area (Å²) in [5.74, 6) is 1.88. The monoisotopic (exact) mass is 246 g/mol. The first-order chi connectivity index (χ1) is 8.76. The number of nitrogen functional groups attached to an aromatic ring is 1. The number of para-hydroxylation sites is 1. The predicted molar refractivity (Wildman–Crippen MR) is 68.3 cm³/mol. The third-order valence-corrected chi connectivity index (χ3v) is 2.38. The Bertz CT molecular complexity index is 521. The lowest BCUT2D eigenvalue weighted by atomic mass is 10.3. The summed E-state index contributed by atoms with van der Waals surface area (Å²) >= 11 is 0. The molecule has 0 saturated heterocycles. The van der Waals surface area contributed by atoms with E-state index < -0.39 is 0 Å². The van der Waals surface area contributed by atoms with Gasteiger partial charge in [-0.15, -0.1) is 0 Å². The molecule has 0 saturated carbocycles. The molecule has 0 atom stereocenters. The molecule has 5 heteroatoms. The number of nitrogens with zero attached hydrogens (tertiary/aromatic N) is 1. The minimum atomic E-state index is 0.320. The van der Waals surface area contributed by atoms with E-state index in [9.17, 15) is 0 Å². The Morgan fingerprint density at radius 3 is 2.22 bits per heavy atom. The Kier molecular flexibility index (Phi) is 3.52. The molecular weight excluding hydrogens is 232 g/mol. The molecule has 0 radical (unpaired) electrons. The summed E-state index contributed by atoms with van der Waals surface area (Å²) in [5, 5.41) is 0. The van der Waals surface area contributed by atoms with Crippen LogP contribution >= 0.6 is 0 Å². The first kappa shape index (κ1) is 12.0. The van der Waals surface area contributed by atoms with Gasteiger partial charge in [-0.25, -0.2) is 4.98 Å². The van der Waals surface area contributed by atoms with Crippen molar-refractivity contribution in [2.75, 3.05) is 20.0 Å². The van der Waals surface area contributed by atoms with E-state index in [4.69, 9.17) is 19.9 Å². The van der Waals surface area contributed by atoms with Crippen LogP contribution in [-0.2, 0) is 0 Å². The average Bonchev–Trinajstić information content (AvgIpc) is 2.41. The quantitative estimate of drug-likeness (QED) is 0.897. The Morgan fingerprint density at radius 1 is 1.00 bits per heavy atom. The average molecular weight is 246 g/mol. The molecule has 1 aromatic carbocycles. The van der Waals surface area contributed by atoms with Crippen molar-refractivity contribution in [1.29, 1.82) is 0 Å². The molecule has 1 heterocycles. The van der Waals surface area contributed by atoms with Crippen LogP contribution in [0.1, 0.15) is 0 Å². The Balaban J connectivity index is 2.42. The van der Waals surface area contributed by atoms with Crippen LogP contribution < -0.4 is 19.9 Å². The molecule has 0 unspecified atom stereocenters. The van der Waals surface area contributed by atoms with Gasteiger partial charge in [0.15, 0.2) is 11.5 Å². The zero-order chi connectivity index (χ0) is 13.0. The van der Waals surface area contributed by atoms with Crippen LogP contribution in [0.15, 0.2) is 36.5 Å². The minimum Gasteiger partial charge on any atom is -0.493 e. The number of benzene rings is 1. The van der Waals surface area contributed by atoms with E-state index >= 15 is 0 Å². The highest BCUT2D eigenvalue weighted by Gasteiger charge is 2.14. The summed E-state index contributed by atoms with van der Waals surface area (Å²) in [6, 6.07) is 8.81. The van der Waals surface area contributed by atoms with E-state index in [2.05, 4.69) is 4.98 Å². The molecule has 0 amide bonds. The van der Waals surface area contributed by atoms with Gasteiger partial charge in [-0.1, -0.05) is 6.07 Å². The van der Waals surface area contributed by atoms with Crippen LogP contribution in [0.4, 0.5) is 5.69 Å². The zero-order valence-electron chi connectivity index (χ0n) is 10.2. The summed E-state index contributed by atoms with van der Waals surface area (Å²) in [4.78, 5) is 4.07. The second-order valence-corrected chi connectivity index (χ2v) is 3.49. The molecule has 0 spiro atoms. The molecule has 94 valence electrons. The second kappa shape index (κ2) is 5.27. The molecule has 2 N–H and O–H groups in total. The van der Waals surface area contributed by atoms with E-state index in [1.807, 2.05) is 6.07 Å². The Labute approximate surface area is 105 Å². The molecule has 5 nitrogen and oxygen atoms in total. The van der Waals surface area contributed by atoms with Crippen molar-refractivity contribution in [3.05, 3.63) is 36.5 Å². The fraction of sp³-hybridized carbons (Fsp3) is 0.154. The lowest BCUT2D eigenvalue weighted by Crippen LogP contribution is -1.98. The summed E-state index contributed by atoms with van der Waals surface area (Å²) in [6.07, 6.45) is 1.60. The maximum atomic E-state index is 5.78. The van der Waals surface area contributed by atoms with E-state index in [1.54, 1.807) is 44.7 Å². The first-order valence-corrected chi connectivity index (χ1v) is 5.35. The molecule has 2 aromatic rings. The van der Waals surface area contributed by atoms with Gasteiger partial charge in [0, 0.05) is 6.20 Å². The van der Waals surface area contributed by atoms with E-state index in [-0.39, 0.29) is 0 Å². The number of methoxy groups -OCH3 is 2. The normalized spacial score (nSPS) is 9.89. The van der Waals surface area contributed by atoms with Gasteiger partial charge < -0.3 is 19.9 Å². The highest BCUT2D eigenvalue weighted by Crippen LogP contribution is 2.40. The van der Waals surface area contributed by atoms with Crippen molar-refractivity contribution in [2.24, 2.45) is 0 Å². The third-order valence-electron chi connectivity index (χ3n) is 2.38. The van der Waals surface area contributed by atoms with Gasteiger partial charge in [0.1, 0.15) is 0 Å². The van der Waals surface area contributed by atoms with Crippen LogP contribution in [0.3, 0.4) is 0 Å². The molecule has 0 aliphatic rings. The summed E-state index contributed by atoms with van der Waals surface area (Å²) in [7, 11) is 3.12. The molecule has 0 bridgehead atoms.